The summed E-state index contributed by atoms with van der Waals surface area (Å²) in [5.41, 5.74) is 2.15. The lowest BCUT2D eigenvalue weighted by Gasteiger charge is -2.32. The Morgan fingerprint density at radius 3 is 2.46 bits per heavy atom. The molecule has 1 heterocycles. The predicted molar refractivity (Wildman–Crippen MR) is 134 cm³/mol. The second-order valence-corrected chi connectivity index (χ2v) is 10.5. The van der Waals surface area contributed by atoms with Crippen LogP contribution in [0.25, 0.3) is 0 Å². The first-order valence-electron chi connectivity index (χ1n) is 11.6. The summed E-state index contributed by atoms with van der Waals surface area (Å²) in [6.07, 6.45) is 1.80. The van der Waals surface area contributed by atoms with Crippen LogP contribution in [0.15, 0.2) is 42.5 Å². The molecule has 0 bridgehead atoms. The number of amides is 2. The fraction of sp³-hybridized carbons (Fsp3) is 0.440. The first-order valence-corrected chi connectivity index (χ1v) is 13.4. The molecule has 1 N–H and O–H groups in total. The standard InChI is InChI=1S/C25H33N3O6S/c1-5-11-26-25(30)19(3)27(16-20-8-6-7-18(2)14-20)24(29)17-28(35(4,31)32)21-9-10-22-23(15-21)34-13-12-33-22/h6-10,14-15,19H,5,11-13,16-17H2,1-4H3,(H,26,30)/t19-/m1/s1. The summed E-state index contributed by atoms with van der Waals surface area (Å²) >= 11 is 0. The zero-order valence-corrected chi connectivity index (χ0v) is 21.4. The highest BCUT2D eigenvalue weighted by Crippen LogP contribution is 2.34. The van der Waals surface area contributed by atoms with Crippen LogP contribution in [0.3, 0.4) is 0 Å². The SMILES string of the molecule is CCCNC(=O)[C@@H](C)N(Cc1cccc(C)c1)C(=O)CN(c1ccc2c(c1)OCCO2)S(C)(=O)=O. The molecule has 1 aliphatic rings. The highest BCUT2D eigenvalue weighted by atomic mass is 32.2. The van der Waals surface area contributed by atoms with Gasteiger partial charge in [0.25, 0.3) is 0 Å². The van der Waals surface area contributed by atoms with Crippen LogP contribution in [0, 0.1) is 6.92 Å². The van der Waals surface area contributed by atoms with E-state index in [0.717, 1.165) is 28.1 Å². The van der Waals surface area contributed by atoms with Gasteiger partial charge in [0.2, 0.25) is 21.8 Å². The van der Waals surface area contributed by atoms with E-state index < -0.39 is 28.5 Å². The molecule has 0 spiro atoms. The summed E-state index contributed by atoms with van der Waals surface area (Å²) in [7, 11) is -3.82. The van der Waals surface area contributed by atoms with Gasteiger partial charge in [-0.05, 0) is 38.0 Å². The number of nitrogens with one attached hydrogen (secondary N) is 1. The van der Waals surface area contributed by atoms with Gasteiger partial charge in [-0.15, -0.1) is 0 Å². The Hall–Kier alpha value is -3.27. The third kappa shape index (κ3) is 6.88. The molecule has 0 saturated heterocycles. The Bertz CT molecular complexity index is 1170. The van der Waals surface area contributed by atoms with E-state index >= 15 is 0 Å². The van der Waals surface area contributed by atoms with E-state index in [4.69, 9.17) is 9.47 Å². The molecule has 2 amide bonds. The minimum Gasteiger partial charge on any atom is -0.486 e. The van der Waals surface area contributed by atoms with Crippen LogP contribution in [0.5, 0.6) is 11.5 Å². The Labute approximate surface area is 207 Å². The van der Waals surface area contributed by atoms with Crippen LogP contribution in [-0.2, 0) is 26.2 Å². The molecule has 190 valence electrons. The molecule has 1 aliphatic heterocycles. The van der Waals surface area contributed by atoms with Crippen LogP contribution in [0.2, 0.25) is 0 Å². The molecular weight excluding hydrogens is 470 g/mol. The normalized spacial score (nSPS) is 13.6. The van der Waals surface area contributed by atoms with Gasteiger partial charge in [0.1, 0.15) is 25.8 Å². The van der Waals surface area contributed by atoms with Crippen molar-refractivity contribution in [1.29, 1.82) is 0 Å². The van der Waals surface area contributed by atoms with Gasteiger partial charge in [0, 0.05) is 19.2 Å². The van der Waals surface area contributed by atoms with Crippen molar-refractivity contribution < 1.29 is 27.5 Å². The third-order valence-corrected chi connectivity index (χ3v) is 6.79. The zero-order valence-electron chi connectivity index (χ0n) is 20.6. The Balaban J connectivity index is 1.90. The van der Waals surface area contributed by atoms with Crippen molar-refractivity contribution in [3.63, 3.8) is 0 Å². The molecule has 0 saturated carbocycles. The monoisotopic (exact) mass is 503 g/mol. The predicted octanol–water partition coefficient (Wildman–Crippen LogP) is 2.48. The van der Waals surface area contributed by atoms with Crippen LogP contribution in [-0.4, -0.2) is 63.7 Å². The summed E-state index contributed by atoms with van der Waals surface area (Å²) in [5, 5.41) is 2.82. The molecule has 0 radical (unpaired) electrons. The first-order chi connectivity index (χ1) is 16.6. The van der Waals surface area contributed by atoms with Crippen molar-refractivity contribution in [3.8, 4) is 11.5 Å². The van der Waals surface area contributed by atoms with E-state index in [-0.39, 0.29) is 18.1 Å². The van der Waals surface area contributed by atoms with E-state index in [0.29, 0.717) is 31.3 Å². The number of benzene rings is 2. The van der Waals surface area contributed by atoms with E-state index in [9.17, 15) is 18.0 Å². The number of ether oxygens (including phenoxy) is 2. The number of hydrogen-bond donors (Lipinski definition) is 1. The molecule has 2 aromatic rings. The minimum atomic E-state index is -3.82. The van der Waals surface area contributed by atoms with Crippen molar-refractivity contribution in [2.45, 2.75) is 39.8 Å². The Morgan fingerprint density at radius 2 is 1.80 bits per heavy atom. The number of carbonyl (C=O) groups excluding carboxylic acids is 2. The number of sulfonamides is 1. The van der Waals surface area contributed by atoms with Crippen LogP contribution in [0.1, 0.15) is 31.4 Å². The van der Waals surface area contributed by atoms with E-state index in [1.165, 1.54) is 4.90 Å². The van der Waals surface area contributed by atoms with Gasteiger partial charge >= 0.3 is 0 Å². The van der Waals surface area contributed by atoms with Crippen molar-refractivity contribution >= 4 is 27.5 Å². The molecule has 2 aromatic carbocycles. The summed E-state index contributed by atoms with van der Waals surface area (Å²) in [4.78, 5) is 27.7. The topological polar surface area (TPSA) is 105 Å². The maximum atomic E-state index is 13.6. The Kier molecular flexibility index (Phi) is 8.61. The molecule has 10 heteroatoms. The molecule has 0 aromatic heterocycles. The molecule has 9 nitrogen and oxygen atoms in total. The lowest BCUT2D eigenvalue weighted by molar-refractivity contribution is -0.139. The fourth-order valence-electron chi connectivity index (χ4n) is 3.79. The molecule has 0 fully saturated rings. The lowest BCUT2D eigenvalue weighted by Crippen LogP contribution is -2.51. The van der Waals surface area contributed by atoms with Crippen LogP contribution in [0.4, 0.5) is 5.69 Å². The lowest BCUT2D eigenvalue weighted by atomic mass is 10.1. The molecule has 0 unspecified atom stereocenters. The second-order valence-electron chi connectivity index (χ2n) is 8.58. The van der Waals surface area contributed by atoms with E-state index in [1.807, 2.05) is 38.1 Å². The summed E-state index contributed by atoms with van der Waals surface area (Å²) in [6.45, 7) is 6.49. The second kappa shape index (κ2) is 11.4. The molecule has 1 atom stereocenters. The Morgan fingerprint density at radius 1 is 1.09 bits per heavy atom. The molecule has 3 rings (SSSR count). The average molecular weight is 504 g/mol. The number of anilines is 1. The largest absolute Gasteiger partial charge is 0.486 e. The van der Waals surface area contributed by atoms with Gasteiger partial charge < -0.3 is 19.7 Å². The van der Waals surface area contributed by atoms with E-state index in [2.05, 4.69) is 5.32 Å². The number of hydrogen-bond acceptors (Lipinski definition) is 6. The summed E-state index contributed by atoms with van der Waals surface area (Å²) < 4.78 is 37.5. The highest BCUT2D eigenvalue weighted by Gasteiger charge is 2.30. The number of nitrogens with zero attached hydrogens (tertiary/aromatic N) is 2. The summed E-state index contributed by atoms with van der Waals surface area (Å²) in [5.74, 6) is 0.143. The highest BCUT2D eigenvalue weighted by molar-refractivity contribution is 7.92. The van der Waals surface area contributed by atoms with Crippen molar-refractivity contribution in [1.82, 2.24) is 10.2 Å². The third-order valence-electron chi connectivity index (χ3n) is 5.64. The van der Waals surface area contributed by atoms with Crippen LogP contribution >= 0.6 is 0 Å². The number of rotatable bonds is 10. The van der Waals surface area contributed by atoms with Gasteiger partial charge in [-0.25, -0.2) is 8.42 Å². The minimum absolute atomic E-state index is 0.167. The van der Waals surface area contributed by atoms with Gasteiger partial charge in [-0.2, -0.15) is 0 Å². The number of fused-ring (bicyclic) bond motifs is 1. The van der Waals surface area contributed by atoms with Crippen molar-refractivity contribution in [2.24, 2.45) is 0 Å². The fourth-order valence-corrected chi connectivity index (χ4v) is 4.63. The average Bonchev–Trinajstić information content (AvgIpc) is 2.82. The van der Waals surface area contributed by atoms with Crippen LogP contribution < -0.4 is 19.1 Å². The van der Waals surface area contributed by atoms with Gasteiger partial charge in [-0.3, -0.25) is 13.9 Å². The van der Waals surface area contributed by atoms with Crippen molar-refractivity contribution in [3.05, 3.63) is 53.6 Å². The first kappa shape index (κ1) is 26.3. The maximum Gasteiger partial charge on any atom is 0.244 e. The molecular formula is C25H33N3O6S. The summed E-state index contributed by atoms with van der Waals surface area (Å²) in [6, 6.07) is 11.6. The van der Waals surface area contributed by atoms with Gasteiger partial charge in [0.05, 0.1) is 11.9 Å². The van der Waals surface area contributed by atoms with Gasteiger partial charge in [-0.1, -0.05) is 36.8 Å². The maximum absolute atomic E-state index is 13.6. The zero-order chi connectivity index (χ0) is 25.6. The van der Waals surface area contributed by atoms with Gasteiger partial charge in [0.15, 0.2) is 11.5 Å². The smallest absolute Gasteiger partial charge is 0.244 e. The number of carbonyl (C=O) groups is 2. The van der Waals surface area contributed by atoms with E-state index in [1.54, 1.807) is 25.1 Å². The van der Waals surface area contributed by atoms with Crippen molar-refractivity contribution in [2.75, 3.05) is 36.9 Å². The molecule has 0 aliphatic carbocycles. The molecule has 35 heavy (non-hydrogen) atoms. The quantitative estimate of drug-likeness (QED) is 0.534. The number of aryl methyl sites for hydroxylation is 1.